The molecule has 5 rings (SSSR count). The van der Waals surface area contributed by atoms with Crippen molar-refractivity contribution in [3.8, 4) is 5.75 Å². The van der Waals surface area contributed by atoms with E-state index in [-0.39, 0.29) is 5.91 Å². The number of hydrogen-bond donors (Lipinski definition) is 2. The lowest BCUT2D eigenvalue weighted by molar-refractivity contribution is -0.123. The van der Waals surface area contributed by atoms with Gasteiger partial charge in [0.2, 0.25) is 5.91 Å². The van der Waals surface area contributed by atoms with Crippen molar-refractivity contribution < 1.29 is 9.53 Å². The molecule has 0 aromatic heterocycles. The molecular weight excluding hydrogens is 474 g/mol. The number of carbonyl (C=O) groups excluding carboxylic acids is 1. The van der Waals surface area contributed by atoms with Gasteiger partial charge < -0.3 is 10.1 Å². The number of ether oxygens (including phenoxy) is 1. The standard InChI is InChI=1S/C33H37NO2S/c1-33(2,3)32(35)34-24-17-20-27-23(21-24)9-8-13-29(28-12-6-7-14-30(28)37)31(27)22-15-18-26(19-16-22)36-25-10-4-5-11-25/h6-7,12,14-21,25,37H,4-5,8-11,13H2,1-3H3,(H,34,35). The van der Waals surface area contributed by atoms with Crippen molar-refractivity contribution in [2.24, 2.45) is 5.41 Å². The van der Waals surface area contributed by atoms with E-state index >= 15 is 0 Å². The van der Waals surface area contributed by atoms with E-state index in [0.717, 1.165) is 48.4 Å². The Kier molecular flexibility index (Phi) is 7.48. The molecule has 0 spiro atoms. The fraction of sp³-hybridized carbons (Fsp3) is 0.364. The summed E-state index contributed by atoms with van der Waals surface area (Å²) in [6.45, 7) is 5.82. The predicted octanol–water partition coefficient (Wildman–Crippen LogP) is 8.58. The summed E-state index contributed by atoms with van der Waals surface area (Å²) in [6, 6.07) is 23.4. The average Bonchev–Trinajstić information content (AvgIpc) is 3.31. The van der Waals surface area contributed by atoms with Crippen LogP contribution in [0, 0.1) is 5.41 Å². The van der Waals surface area contributed by atoms with Crippen molar-refractivity contribution in [2.45, 2.75) is 76.7 Å². The third kappa shape index (κ3) is 5.80. The van der Waals surface area contributed by atoms with Gasteiger partial charge in [0.1, 0.15) is 5.75 Å². The highest BCUT2D eigenvalue weighted by Gasteiger charge is 2.24. The maximum Gasteiger partial charge on any atom is 0.229 e. The molecular formula is C33H37NO2S. The quantitative estimate of drug-likeness (QED) is 0.337. The summed E-state index contributed by atoms with van der Waals surface area (Å²) in [7, 11) is 0. The smallest absolute Gasteiger partial charge is 0.229 e. The summed E-state index contributed by atoms with van der Waals surface area (Å²) in [4.78, 5) is 13.6. The molecule has 4 heteroatoms. The van der Waals surface area contributed by atoms with Crippen LogP contribution in [0.2, 0.25) is 0 Å². The van der Waals surface area contributed by atoms with Crippen molar-refractivity contribution in [3.05, 3.63) is 89.0 Å². The molecule has 3 aromatic carbocycles. The molecule has 1 fully saturated rings. The van der Waals surface area contributed by atoms with Crippen LogP contribution in [0.5, 0.6) is 5.75 Å². The number of carbonyl (C=O) groups is 1. The monoisotopic (exact) mass is 511 g/mol. The first-order valence-corrected chi connectivity index (χ1v) is 14.0. The van der Waals surface area contributed by atoms with E-state index < -0.39 is 5.41 Å². The minimum absolute atomic E-state index is 0.0272. The number of hydrogen-bond acceptors (Lipinski definition) is 3. The predicted molar refractivity (Wildman–Crippen MR) is 156 cm³/mol. The van der Waals surface area contributed by atoms with Crippen LogP contribution in [-0.2, 0) is 11.2 Å². The SMILES string of the molecule is CC(C)(C)C(=O)Nc1ccc2c(c1)CCCC(c1ccccc1S)=C2c1ccc(OC2CCCC2)cc1. The van der Waals surface area contributed by atoms with Gasteiger partial charge in [-0.25, -0.2) is 0 Å². The van der Waals surface area contributed by atoms with Gasteiger partial charge in [0.05, 0.1) is 6.10 Å². The number of rotatable bonds is 5. The molecule has 1 amide bonds. The van der Waals surface area contributed by atoms with Crippen LogP contribution in [-0.4, -0.2) is 12.0 Å². The van der Waals surface area contributed by atoms with E-state index in [2.05, 4.69) is 59.9 Å². The Morgan fingerprint density at radius 3 is 2.32 bits per heavy atom. The molecule has 0 bridgehead atoms. The average molecular weight is 512 g/mol. The minimum atomic E-state index is -0.441. The second-order valence-corrected chi connectivity index (χ2v) is 11.8. The third-order valence-electron chi connectivity index (χ3n) is 7.47. The van der Waals surface area contributed by atoms with Crippen LogP contribution in [0.15, 0.2) is 71.6 Å². The first kappa shape index (κ1) is 25.7. The Hall–Kier alpha value is -2.98. The van der Waals surface area contributed by atoms with Gasteiger partial charge in [-0.1, -0.05) is 57.2 Å². The van der Waals surface area contributed by atoms with Gasteiger partial charge in [-0.2, -0.15) is 0 Å². The molecule has 0 atom stereocenters. The number of amides is 1. The molecule has 2 aliphatic carbocycles. The Morgan fingerprint density at radius 2 is 1.62 bits per heavy atom. The van der Waals surface area contributed by atoms with Crippen LogP contribution in [0.25, 0.3) is 11.1 Å². The van der Waals surface area contributed by atoms with E-state index in [9.17, 15) is 4.79 Å². The number of nitrogens with one attached hydrogen (secondary N) is 1. The van der Waals surface area contributed by atoms with Gasteiger partial charge in [0.25, 0.3) is 0 Å². The van der Waals surface area contributed by atoms with E-state index in [4.69, 9.17) is 17.4 Å². The highest BCUT2D eigenvalue weighted by Crippen LogP contribution is 2.42. The van der Waals surface area contributed by atoms with Gasteiger partial charge in [-0.15, -0.1) is 12.6 Å². The zero-order chi connectivity index (χ0) is 26.0. The maximum absolute atomic E-state index is 12.6. The van der Waals surface area contributed by atoms with Crippen molar-refractivity contribution in [1.29, 1.82) is 0 Å². The van der Waals surface area contributed by atoms with Crippen molar-refractivity contribution in [3.63, 3.8) is 0 Å². The van der Waals surface area contributed by atoms with E-state index in [1.807, 2.05) is 32.9 Å². The van der Waals surface area contributed by atoms with E-state index in [0.29, 0.717) is 6.10 Å². The summed E-state index contributed by atoms with van der Waals surface area (Å²) in [5, 5.41) is 3.12. The van der Waals surface area contributed by atoms with Crippen molar-refractivity contribution in [1.82, 2.24) is 0 Å². The fourth-order valence-corrected chi connectivity index (χ4v) is 5.71. The molecule has 0 unspecified atom stereocenters. The number of anilines is 1. The number of benzene rings is 3. The van der Waals surface area contributed by atoms with Crippen LogP contribution >= 0.6 is 12.6 Å². The van der Waals surface area contributed by atoms with E-state index in [1.165, 1.54) is 46.2 Å². The maximum atomic E-state index is 12.6. The normalized spacial score (nSPS) is 16.3. The second-order valence-electron chi connectivity index (χ2n) is 11.3. The minimum Gasteiger partial charge on any atom is -0.490 e. The third-order valence-corrected chi connectivity index (χ3v) is 7.86. The van der Waals surface area contributed by atoms with Gasteiger partial charge in [-0.3, -0.25) is 4.79 Å². The van der Waals surface area contributed by atoms with Crippen LogP contribution < -0.4 is 10.1 Å². The van der Waals surface area contributed by atoms with Gasteiger partial charge in [-0.05, 0) is 109 Å². The molecule has 3 nitrogen and oxygen atoms in total. The highest BCUT2D eigenvalue weighted by molar-refractivity contribution is 7.80. The van der Waals surface area contributed by atoms with Gasteiger partial charge >= 0.3 is 0 Å². The topological polar surface area (TPSA) is 38.3 Å². The molecule has 0 saturated heterocycles. The Balaban J connectivity index is 1.58. The molecule has 0 heterocycles. The largest absolute Gasteiger partial charge is 0.490 e. The van der Waals surface area contributed by atoms with E-state index in [1.54, 1.807) is 0 Å². The number of fused-ring (bicyclic) bond motifs is 1. The van der Waals surface area contributed by atoms with Crippen molar-refractivity contribution in [2.75, 3.05) is 5.32 Å². The second kappa shape index (κ2) is 10.8. The highest BCUT2D eigenvalue weighted by atomic mass is 32.1. The van der Waals surface area contributed by atoms with Crippen LogP contribution in [0.3, 0.4) is 0 Å². The lowest BCUT2D eigenvalue weighted by atomic mass is 9.87. The molecule has 1 saturated carbocycles. The lowest BCUT2D eigenvalue weighted by Crippen LogP contribution is -2.27. The number of thiol groups is 1. The zero-order valence-electron chi connectivity index (χ0n) is 22.1. The summed E-state index contributed by atoms with van der Waals surface area (Å²) >= 11 is 4.83. The number of allylic oxidation sites excluding steroid dienone is 1. The Bertz CT molecular complexity index is 1310. The summed E-state index contributed by atoms with van der Waals surface area (Å²) in [5.41, 5.74) is 7.84. The fourth-order valence-electron chi connectivity index (χ4n) is 5.41. The number of aryl methyl sites for hydroxylation is 1. The summed E-state index contributed by atoms with van der Waals surface area (Å²) in [5.74, 6) is 0.973. The molecule has 192 valence electrons. The molecule has 37 heavy (non-hydrogen) atoms. The zero-order valence-corrected chi connectivity index (χ0v) is 23.0. The molecule has 2 aliphatic rings. The Morgan fingerprint density at radius 1 is 0.892 bits per heavy atom. The first-order chi connectivity index (χ1) is 17.8. The van der Waals surface area contributed by atoms with Gasteiger partial charge in [0, 0.05) is 16.0 Å². The molecule has 0 radical (unpaired) electrons. The lowest BCUT2D eigenvalue weighted by Gasteiger charge is -2.20. The molecule has 1 N–H and O–H groups in total. The Labute approximate surface area is 226 Å². The molecule has 3 aromatic rings. The summed E-state index contributed by atoms with van der Waals surface area (Å²) < 4.78 is 6.25. The van der Waals surface area contributed by atoms with Gasteiger partial charge in [0.15, 0.2) is 0 Å². The van der Waals surface area contributed by atoms with Crippen molar-refractivity contribution >= 4 is 35.4 Å². The van der Waals surface area contributed by atoms with Crippen LogP contribution in [0.4, 0.5) is 5.69 Å². The summed E-state index contributed by atoms with van der Waals surface area (Å²) in [6.07, 6.45) is 8.12. The first-order valence-electron chi connectivity index (χ1n) is 13.5. The van der Waals surface area contributed by atoms with Crippen LogP contribution in [0.1, 0.15) is 81.5 Å². The molecule has 0 aliphatic heterocycles.